The van der Waals surface area contributed by atoms with Crippen LogP contribution in [-0.2, 0) is 17.8 Å². The van der Waals surface area contributed by atoms with Crippen molar-refractivity contribution in [3.63, 3.8) is 0 Å². The van der Waals surface area contributed by atoms with Crippen molar-refractivity contribution in [2.75, 3.05) is 31.1 Å². The van der Waals surface area contributed by atoms with Crippen LogP contribution in [0.25, 0.3) is 0 Å². The maximum absolute atomic E-state index is 12.4. The van der Waals surface area contributed by atoms with Gasteiger partial charge < -0.3 is 19.9 Å². The van der Waals surface area contributed by atoms with E-state index < -0.39 is 0 Å². The predicted octanol–water partition coefficient (Wildman–Crippen LogP) is 1.81. The average Bonchev–Trinajstić information content (AvgIpc) is 3.34. The smallest absolute Gasteiger partial charge is 0.222 e. The number of aliphatic hydroxyl groups excluding tert-OH is 1. The molecule has 0 aliphatic carbocycles. The molecular formula is C18H25N5O2S. The van der Waals surface area contributed by atoms with E-state index in [1.54, 1.807) is 17.7 Å². The van der Waals surface area contributed by atoms with Crippen molar-refractivity contribution < 1.29 is 9.90 Å². The standard InChI is InChI=1S/C18H25N5O2S/c24-9-15-10-26-17(21-15)23-6-1-4-18(12-23)5-2-16(25)22(11-18)7-3-14-8-19-13-20-14/h8,10,13,24H,1-7,9,11-12H2,(H,19,20)/t18-/m0/s1. The first-order chi connectivity index (χ1) is 12.7. The van der Waals surface area contributed by atoms with E-state index in [0.29, 0.717) is 6.42 Å². The Hall–Kier alpha value is -1.93. The number of rotatable bonds is 5. The minimum Gasteiger partial charge on any atom is -0.390 e. The Morgan fingerprint density at radius 3 is 3.04 bits per heavy atom. The van der Waals surface area contributed by atoms with Gasteiger partial charge in [-0.25, -0.2) is 9.97 Å². The van der Waals surface area contributed by atoms with E-state index >= 15 is 0 Å². The normalized spacial score (nSPS) is 23.8. The van der Waals surface area contributed by atoms with Gasteiger partial charge in [0, 0.05) is 61.7 Å². The van der Waals surface area contributed by atoms with Crippen LogP contribution >= 0.6 is 11.3 Å². The topological polar surface area (TPSA) is 85.3 Å². The molecule has 1 spiro atoms. The van der Waals surface area contributed by atoms with Crippen LogP contribution in [-0.4, -0.2) is 57.0 Å². The number of thiazole rings is 1. The third kappa shape index (κ3) is 3.61. The van der Waals surface area contributed by atoms with Crippen molar-refractivity contribution in [2.45, 2.75) is 38.7 Å². The highest BCUT2D eigenvalue weighted by Crippen LogP contribution is 2.40. The molecule has 0 saturated carbocycles. The largest absolute Gasteiger partial charge is 0.390 e. The molecule has 2 aromatic rings. The maximum atomic E-state index is 12.4. The number of carbonyl (C=O) groups excluding carboxylic acids is 1. The lowest BCUT2D eigenvalue weighted by Crippen LogP contribution is -2.54. The Kier molecular flexibility index (Phi) is 4.95. The Morgan fingerprint density at radius 1 is 1.35 bits per heavy atom. The summed E-state index contributed by atoms with van der Waals surface area (Å²) in [5.41, 5.74) is 1.97. The van der Waals surface area contributed by atoms with Crippen molar-refractivity contribution in [1.29, 1.82) is 0 Å². The summed E-state index contributed by atoms with van der Waals surface area (Å²) >= 11 is 1.60. The minimum absolute atomic E-state index is 0.00857. The van der Waals surface area contributed by atoms with Crippen LogP contribution in [0.3, 0.4) is 0 Å². The second kappa shape index (κ2) is 7.36. The van der Waals surface area contributed by atoms with Crippen LogP contribution in [0.1, 0.15) is 37.1 Å². The van der Waals surface area contributed by atoms with Gasteiger partial charge in [0.15, 0.2) is 5.13 Å². The Balaban J connectivity index is 1.43. The van der Waals surface area contributed by atoms with E-state index in [1.807, 2.05) is 16.5 Å². The van der Waals surface area contributed by atoms with Crippen LogP contribution in [0.2, 0.25) is 0 Å². The number of aliphatic hydroxyl groups is 1. The minimum atomic E-state index is -0.00857. The second-order valence-corrected chi connectivity index (χ2v) is 8.28. The van der Waals surface area contributed by atoms with Gasteiger partial charge in [0.2, 0.25) is 5.91 Å². The van der Waals surface area contributed by atoms with Crippen molar-refractivity contribution in [1.82, 2.24) is 19.9 Å². The molecule has 4 heterocycles. The SMILES string of the molecule is O=C1CC[C@@]2(CCCN(c3nc(CO)cs3)C2)CN1CCc1cnc[nH]1. The predicted molar refractivity (Wildman–Crippen MR) is 100 cm³/mol. The first kappa shape index (κ1) is 17.5. The molecule has 0 unspecified atom stereocenters. The molecule has 2 aliphatic rings. The third-order valence-corrected chi connectivity index (χ3v) is 6.54. The average molecular weight is 375 g/mol. The quantitative estimate of drug-likeness (QED) is 0.832. The summed E-state index contributed by atoms with van der Waals surface area (Å²) < 4.78 is 0. The van der Waals surface area contributed by atoms with Gasteiger partial charge in [0.1, 0.15) is 0 Å². The molecule has 2 N–H and O–H groups in total. The van der Waals surface area contributed by atoms with E-state index in [0.717, 1.165) is 68.4 Å². The molecule has 2 fully saturated rings. The Labute approximate surface area is 157 Å². The van der Waals surface area contributed by atoms with E-state index in [4.69, 9.17) is 0 Å². The van der Waals surface area contributed by atoms with Crippen LogP contribution < -0.4 is 4.90 Å². The summed E-state index contributed by atoms with van der Waals surface area (Å²) in [6.45, 7) is 3.51. The van der Waals surface area contributed by atoms with Crippen molar-refractivity contribution in [3.8, 4) is 0 Å². The van der Waals surface area contributed by atoms with Gasteiger partial charge in [0.25, 0.3) is 0 Å². The molecule has 2 saturated heterocycles. The van der Waals surface area contributed by atoms with Crippen LogP contribution in [0, 0.1) is 5.41 Å². The fraction of sp³-hybridized carbons (Fsp3) is 0.611. The molecule has 2 aromatic heterocycles. The molecule has 2 aliphatic heterocycles. The molecule has 1 atom stereocenters. The van der Waals surface area contributed by atoms with Gasteiger partial charge in [0.05, 0.1) is 18.6 Å². The number of amides is 1. The monoisotopic (exact) mass is 375 g/mol. The summed E-state index contributed by atoms with van der Waals surface area (Å²) in [6.07, 6.45) is 8.21. The maximum Gasteiger partial charge on any atom is 0.222 e. The molecule has 26 heavy (non-hydrogen) atoms. The number of aromatic nitrogens is 3. The zero-order chi connectivity index (χ0) is 18.0. The first-order valence-electron chi connectivity index (χ1n) is 9.23. The Bertz CT molecular complexity index is 747. The van der Waals surface area contributed by atoms with Crippen molar-refractivity contribution in [2.24, 2.45) is 5.41 Å². The molecule has 0 aromatic carbocycles. The molecule has 140 valence electrons. The zero-order valence-corrected chi connectivity index (χ0v) is 15.7. The first-order valence-corrected chi connectivity index (χ1v) is 10.1. The summed E-state index contributed by atoms with van der Waals surface area (Å²) in [7, 11) is 0. The molecule has 0 bridgehead atoms. The van der Waals surface area contributed by atoms with Crippen molar-refractivity contribution in [3.05, 3.63) is 29.3 Å². The highest BCUT2D eigenvalue weighted by Gasteiger charge is 2.42. The summed E-state index contributed by atoms with van der Waals surface area (Å²) in [4.78, 5) is 28.5. The van der Waals surface area contributed by atoms with Gasteiger partial charge in [-0.15, -0.1) is 11.3 Å². The number of likely N-dealkylation sites (tertiary alicyclic amines) is 1. The number of nitrogens with one attached hydrogen (secondary N) is 1. The van der Waals surface area contributed by atoms with Gasteiger partial charge in [-0.1, -0.05) is 0 Å². The summed E-state index contributed by atoms with van der Waals surface area (Å²) in [5, 5.41) is 12.2. The molecule has 8 heteroatoms. The van der Waals surface area contributed by atoms with Gasteiger partial charge in [-0.3, -0.25) is 4.79 Å². The fourth-order valence-corrected chi connectivity index (χ4v) is 5.04. The fourth-order valence-electron chi connectivity index (χ4n) is 4.20. The van der Waals surface area contributed by atoms with Crippen LogP contribution in [0.15, 0.2) is 17.9 Å². The van der Waals surface area contributed by atoms with Gasteiger partial charge in [-0.05, 0) is 19.3 Å². The van der Waals surface area contributed by atoms with Gasteiger partial charge in [-0.2, -0.15) is 0 Å². The highest BCUT2D eigenvalue weighted by molar-refractivity contribution is 7.13. The number of hydrogen-bond donors (Lipinski definition) is 2. The molecular weight excluding hydrogens is 350 g/mol. The molecule has 0 radical (unpaired) electrons. The van der Waals surface area contributed by atoms with E-state index in [1.165, 1.54) is 0 Å². The van der Waals surface area contributed by atoms with Crippen LogP contribution in [0.5, 0.6) is 0 Å². The van der Waals surface area contributed by atoms with Gasteiger partial charge >= 0.3 is 0 Å². The van der Waals surface area contributed by atoms with Crippen molar-refractivity contribution >= 4 is 22.4 Å². The second-order valence-electron chi connectivity index (χ2n) is 7.45. The number of H-pyrrole nitrogens is 1. The molecule has 4 rings (SSSR count). The highest BCUT2D eigenvalue weighted by atomic mass is 32.1. The Morgan fingerprint density at radius 2 is 2.27 bits per heavy atom. The number of carbonyl (C=O) groups is 1. The molecule has 1 amide bonds. The van der Waals surface area contributed by atoms with E-state index in [2.05, 4.69) is 19.9 Å². The third-order valence-electron chi connectivity index (χ3n) is 5.59. The number of imidazole rings is 1. The summed E-state index contributed by atoms with van der Waals surface area (Å²) in [6, 6.07) is 0. The number of piperidine rings is 2. The van der Waals surface area contributed by atoms with Crippen LogP contribution in [0.4, 0.5) is 5.13 Å². The van der Waals surface area contributed by atoms with E-state index in [9.17, 15) is 9.90 Å². The number of anilines is 1. The van der Waals surface area contributed by atoms with E-state index in [-0.39, 0.29) is 17.9 Å². The molecule has 7 nitrogen and oxygen atoms in total. The zero-order valence-electron chi connectivity index (χ0n) is 14.9. The number of nitrogens with zero attached hydrogens (tertiary/aromatic N) is 4. The number of aromatic amines is 1. The lowest BCUT2D eigenvalue weighted by molar-refractivity contribution is -0.137. The lowest BCUT2D eigenvalue weighted by Gasteiger charge is -2.48. The summed E-state index contributed by atoms with van der Waals surface area (Å²) in [5.74, 6) is 0.268. The number of hydrogen-bond acceptors (Lipinski definition) is 6. The lowest BCUT2D eigenvalue weighted by atomic mass is 9.73.